The second kappa shape index (κ2) is 19.8. The van der Waals surface area contributed by atoms with Crippen LogP contribution in [0.1, 0.15) is 1.37 Å². The molecule has 4 heavy (non-hydrogen) atoms. The van der Waals surface area contributed by atoms with Crippen LogP contribution in [0.25, 0.3) is 0 Å². The maximum absolute atomic E-state index is 9.83. The average molecular weight is 511 g/mol. The van der Waals surface area contributed by atoms with Crippen LogP contribution in [0.5, 0.6) is 0 Å². The van der Waals surface area contributed by atoms with Crippen LogP contribution in [0, 0.1) is 69.4 Å². The van der Waals surface area contributed by atoms with Crippen LogP contribution >= 0.6 is 0 Å². The molecule has 0 aliphatic rings. The van der Waals surface area contributed by atoms with Crippen LogP contribution in [-0.2, 0) is 0 Å². The van der Waals surface area contributed by atoms with Crippen LogP contribution in [-0.4, -0.2) is 0 Å². The van der Waals surface area contributed by atoms with Gasteiger partial charge in [-0.3, -0.25) is 0 Å². The topological polar surface area (TPSA) is 0 Å². The van der Waals surface area contributed by atoms with Gasteiger partial charge < -0.3 is 4.39 Å². The minimum atomic E-state index is -0.250. The first-order valence-electron chi connectivity index (χ1n) is 0.796. The van der Waals surface area contributed by atoms with E-state index < -0.39 is 0 Å². The molecule has 0 radical (unpaired) electrons. The molecule has 0 aromatic rings. The van der Waals surface area contributed by atoms with Crippen LogP contribution < -0.4 is 0 Å². The Morgan fingerprint density at radius 1 is 1.75 bits per heavy atom. The van der Waals surface area contributed by atoms with Crippen molar-refractivity contribution in [2.75, 3.05) is 0 Å². The van der Waals surface area contributed by atoms with Crippen molar-refractivity contribution in [3.8, 4) is 0 Å². The van der Waals surface area contributed by atoms with Crippen molar-refractivity contribution >= 4 is 0 Å². The third kappa shape index (κ3) is 8.98. The molecule has 0 N–H and O–H groups in total. The predicted molar refractivity (Wildman–Crippen MR) is 6.46 cm³/mol. The molecule has 0 fully saturated rings. The van der Waals surface area contributed by atoms with Crippen LogP contribution in [0.4, 0.5) is 4.39 Å². The summed E-state index contributed by atoms with van der Waals surface area (Å²) in [7, 11) is -0.250. The maximum Gasteiger partial charge on any atom is 0 e. The Balaban J connectivity index is -0.0000000200. The van der Waals surface area contributed by atoms with Crippen LogP contribution in [0.15, 0.2) is 0 Å². The van der Waals surface area contributed by atoms with E-state index >= 15 is 0 Å². The maximum atomic E-state index is 9.83. The first-order valence-corrected chi connectivity index (χ1v) is 0.218. The number of hydrogen-bond acceptors (Lipinski definition) is 0. The molecule has 0 aromatic carbocycles. The summed E-state index contributed by atoms with van der Waals surface area (Å²) in [5.74, 6) is 0. The van der Waals surface area contributed by atoms with Gasteiger partial charge >= 0.3 is 0 Å². The zero-order chi connectivity index (χ0) is 2.71. The first-order chi connectivity index (χ1) is 1.41. The van der Waals surface area contributed by atoms with Gasteiger partial charge in [-0.05, 0) is 0 Å². The second-order valence-electron chi connectivity index (χ2n) is 0. The van der Waals surface area contributed by atoms with Crippen LogP contribution in [0.2, 0.25) is 0 Å². The van der Waals surface area contributed by atoms with E-state index in [0.717, 1.165) is 0 Å². The molecule has 0 unspecified atom stereocenters. The smallest absolute Gasteiger partial charge is 0 e. The van der Waals surface area contributed by atoms with E-state index in [2.05, 4.69) is 0 Å². The van der Waals surface area contributed by atoms with Gasteiger partial charge in [0.2, 0.25) is 0 Å². The monoisotopic (exact) mass is 511 g/mol. The quantitative estimate of drug-likeness (QED) is 0.422. The van der Waals surface area contributed by atoms with Gasteiger partial charge in [-0.2, -0.15) is 8.52 Å². The molecule has 0 atom stereocenters. The Labute approximate surface area is 74.1 Å². The Morgan fingerprint density at radius 3 is 1.75 bits per heavy atom. The summed E-state index contributed by atoms with van der Waals surface area (Å²) >= 11 is 0. The van der Waals surface area contributed by atoms with Gasteiger partial charge in [0.1, 0.15) is 0 Å². The molecule has 0 aliphatic carbocycles. The summed E-state index contributed by atoms with van der Waals surface area (Å²) in [6, 6.07) is 0. The summed E-state index contributed by atoms with van der Waals surface area (Å²) in [6.45, 7) is 0. The molecule has 0 bridgehead atoms. The SMILES string of the molecule is [3H][CH-]F.[U].[U]. The third-order valence-electron chi connectivity index (χ3n) is 0. The second-order valence-corrected chi connectivity index (χ2v) is 0. The molecule has 0 aliphatic heterocycles. The van der Waals surface area contributed by atoms with Crippen molar-refractivity contribution in [2.24, 2.45) is 0 Å². The Morgan fingerprint density at radius 2 is 1.75 bits per heavy atom. The van der Waals surface area contributed by atoms with Gasteiger partial charge in [-0.1, -0.05) is 0 Å². The molecular formula is CH2FU2-. The van der Waals surface area contributed by atoms with Gasteiger partial charge in [-0.25, -0.2) is 0 Å². The minimum Gasteiger partial charge on any atom is -0.463 e. The summed E-state index contributed by atoms with van der Waals surface area (Å²) in [6.07, 6.45) is 0. The Hall–Kier alpha value is 2.03. The molecule has 0 aromatic heterocycles. The van der Waals surface area contributed by atoms with E-state index in [1.165, 1.54) is 0 Å². The van der Waals surface area contributed by atoms with E-state index in [-0.39, 0.29) is 69.4 Å². The fraction of sp³-hybridized carbons (Fsp3) is 0. The van der Waals surface area contributed by atoms with Gasteiger partial charge in [-0.15, -0.1) is 0 Å². The molecule has 0 rings (SSSR count). The Bertz CT molecular complexity index is 9.61. The molecule has 0 amide bonds. The fourth-order valence-electron chi connectivity index (χ4n) is 0. The van der Waals surface area contributed by atoms with E-state index in [0.29, 0.717) is 0 Å². The zero-order valence-electron chi connectivity index (χ0n) is 2.96. The molecule has 0 saturated heterocycles. The van der Waals surface area contributed by atoms with Gasteiger partial charge in [0.05, 0.1) is 0 Å². The van der Waals surface area contributed by atoms with Gasteiger partial charge in [0, 0.05) is 62.2 Å². The van der Waals surface area contributed by atoms with Gasteiger partial charge in [0.15, 0.2) is 0 Å². The van der Waals surface area contributed by atoms with E-state index in [9.17, 15) is 4.39 Å². The largest absolute Gasteiger partial charge is 0.463 e. The molecule has 0 spiro atoms. The van der Waals surface area contributed by atoms with E-state index in [4.69, 9.17) is 1.37 Å². The molecule has 0 heterocycles. The van der Waals surface area contributed by atoms with Crippen molar-refractivity contribution < 1.29 is 68.0 Å². The summed E-state index contributed by atoms with van der Waals surface area (Å²) in [5, 5.41) is 0. The normalized spacial score (nSPS) is 4.75. The summed E-state index contributed by atoms with van der Waals surface area (Å²) in [5.41, 5.74) is 0. The standard InChI is InChI=1S/CH2F.2U/c1-2;;/h1H2;;/q-1;;/i1T;;. The van der Waals surface area contributed by atoms with Crippen molar-refractivity contribution in [1.82, 2.24) is 0 Å². The van der Waals surface area contributed by atoms with Crippen LogP contribution in [0.3, 0.4) is 0 Å². The van der Waals surface area contributed by atoms with Crippen molar-refractivity contribution in [1.29, 1.82) is 0 Å². The van der Waals surface area contributed by atoms with E-state index in [1.54, 1.807) is 0 Å². The predicted octanol–water partition coefficient (Wildman–Crippen LogP) is 0.747. The Kier molecular flexibility index (Phi) is 46.5. The van der Waals surface area contributed by atoms with E-state index in [1.807, 2.05) is 0 Å². The summed E-state index contributed by atoms with van der Waals surface area (Å²) < 4.78 is 15.2. The molecule has 3 heteroatoms. The van der Waals surface area contributed by atoms with Crippen molar-refractivity contribution in [2.45, 2.75) is 0 Å². The zero-order valence-corrected chi connectivity index (χ0v) is 10.3. The summed E-state index contributed by atoms with van der Waals surface area (Å²) in [4.78, 5) is 0. The minimum absolute atomic E-state index is 0. The number of rotatable bonds is 0. The first kappa shape index (κ1) is 9.40. The molecule has 22 valence electrons. The van der Waals surface area contributed by atoms with Crippen molar-refractivity contribution in [3.05, 3.63) is 7.15 Å². The molecule has 0 saturated carbocycles. The third-order valence-corrected chi connectivity index (χ3v) is 0. The number of halogens is 1. The fourth-order valence-corrected chi connectivity index (χ4v) is 0. The number of hydrogen-bond donors (Lipinski definition) is 0. The van der Waals surface area contributed by atoms with Gasteiger partial charge in [0.25, 0.3) is 0 Å². The van der Waals surface area contributed by atoms with Crippen molar-refractivity contribution in [3.63, 3.8) is 0 Å². The molecular weight excluding hydrogens is 507 g/mol. The molecule has 0 nitrogen and oxygen atoms in total. The average Bonchev–Trinajstić information content (AvgIpc) is 0.918.